The predicted molar refractivity (Wildman–Crippen MR) is 95.6 cm³/mol. The van der Waals surface area contributed by atoms with Crippen molar-refractivity contribution >= 4 is 24.0 Å². The zero-order valence-electron chi connectivity index (χ0n) is 13.2. The van der Waals surface area contributed by atoms with Crippen molar-refractivity contribution in [1.82, 2.24) is 0 Å². The van der Waals surface area contributed by atoms with E-state index in [1.165, 1.54) is 0 Å². The van der Waals surface area contributed by atoms with E-state index >= 15 is 0 Å². The lowest BCUT2D eigenvalue weighted by Gasteiger charge is -2.12. The first-order valence-electron chi connectivity index (χ1n) is 7.46. The van der Waals surface area contributed by atoms with Gasteiger partial charge in [-0.25, -0.2) is 0 Å². The number of anilines is 1. The Balaban J connectivity index is 0.00000264. The molecule has 0 radical (unpaired) electrons. The van der Waals surface area contributed by atoms with Crippen LogP contribution in [0.2, 0.25) is 0 Å². The van der Waals surface area contributed by atoms with Crippen molar-refractivity contribution in [1.29, 1.82) is 0 Å². The molecule has 2 rings (SSSR count). The number of rotatable bonds is 7. The summed E-state index contributed by atoms with van der Waals surface area (Å²) in [5, 5.41) is 2.88. The van der Waals surface area contributed by atoms with Crippen molar-refractivity contribution in [2.24, 2.45) is 5.73 Å². The molecular weight excluding hydrogens is 312 g/mol. The highest BCUT2D eigenvalue weighted by molar-refractivity contribution is 5.91. The van der Waals surface area contributed by atoms with E-state index in [1.54, 1.807) is 0 Å². The Morgan fingerprint density at radius 2 is 1.91 bits per heavy atom. The number of benzene rings is 2. The van der Waals surface area contributed by atoms with Gasteiger partial charge in [0.25, 0.3) is 0 Å². The Kier molecular flexibility index (Phi) is 8.33. The lowest BCUT2D eigenvalue weighted by Crippen LogP contribution is -2.20. The minimum atomic E-state index is -0.298. The summed E-state index contributed by atoms with van der Waals surface area (Å²) >= 11 is 0. The summed E-state index contributed by atoms with van der Waals surface area (Å²) in [5.41, 5.74) is 8.83. The van der Waals surface area contributed by atoms with Gasteiger partial charge in [-0.15, -0.1) is 12.4 Å². The van der Waals surface area contributed by atoms with E-state index in [1.807, 2.05) is 61.5 Å². The van der Waals surface area contributed by atoms with E-state index in [4.69, 9.17) is 10.5 Å². The van der Waals surface area contributed by atoms with Crippen LogP contribution in [0.5, 0.6) is 0 Å². The summed E-state index contributed by atoms with van der Waals surface area (Å²) in [6.07, 6.45) is 0.250. The van der Waals surface area contributed by atoms with Gasteiger partial charge in [0, 0.05) is 24.8 Å². The summed E-state index contributed by atoms with van der Waals surface area (Å²) < 4.78 is 5.37. The van der Waals surface area contributed by atoms with Gasteiger partial charge in [0.1, 0.15) is 0 Å². The first kappa shape index (κ1) is 19.2. The number of hydrogen-bond donors (Lipinski definition) is 2. The predicted octanol–water partition coefficient (Wildman–Crippen LogP) is 3.67. The van der Waals surface area contributed by atoms with Gasteiger partial charge >= 0.3 is 0 Å². The molecule has 0 aromatic heterocycles. The molecule has 2 aromatic rings. The number of nitrogens with one attached hydrogen (secondary N) is 1. The Morgan fingerprint density at radius 3 is 2.61 bits per heavy atom. The van der Waals surface area contributed by atoms with E-state index in [9.17, 15) is 4.79 Å². The smallest absolute Gasteiger partial charge is 0.226 e. The lowest BCUT2D eigenvalue weighted by molar-refractivity contribution is -0.116. The number of carbonyl (C=O) groups is 1. The van der Waals surface area contributed by atoms with Gasteiger partial charge in [-0.2, -0.15) is 0 Å². The molecule has 0 aliphatic carbocycles. The minimum Gasteiger partial charge on any atom is -0.377 e. The molecule has 0 spiro atoms. The second kappa shape index (κ2) is 10.0. The molecular formula is C18H23ClN2O2. The zero-order chi connectivity index (χ0) is 15.8. The first-order chi connectivity index (χ1) is 10.7. The Labute approximate surface area is 143 Å². The fourth-order valence-electron chi connectivity index (χ4n) is 2.19. The van der Waals surface area contributed by atoms with E-state index in [0.29, 0.717) is 13.2 Å². The number of hydrogen-bond acceptors (Lipinski definition) is 3. The van der Waals surface area contributed by atoms with Gasteiger partial charge in [0.2, 0.25) is 5.91 Å². The molecule has 2 aromatic carbocycles. The van der Waals surface area contributed by atoms with Crippen molar-refractivity contribution in [2.45, 2.75) is 26.0 Å². The summed E-state index contributed by atoms with van der Waals surface area (Å²) in [5.74, 6) is -0.0927. The largest absolute Gasteiger partial charge is 0.377 e. The van der Waals surface area contributed by atoms with Crippen molar-refractivity contribution in [3.8, 4) is 0 Å². The summed E-state index contributed by atoms with van der Waals surface area (Å²) in [4.78, 5) is 12.1. The maximum absolute atomic E-state index is 12.1. The average Bonchev–Trinajstić information content (AvgIpc) is 2.54. The molecule has 0 fully saturated rings. The number of carbonyl (C=O) groups excluding carboxylic acids is 1. The number of nitrogens with two attached hydrogens (primary N) is 1. The molecule has 5 heteroatoms. The fourth-order valence-corrected chi connectivity index (χ4v) is 2.19. The van der Waals surface area contributed by atoms with Gasteiger partial charge in [-0.3, -0.25) is 4.79 Å². The van der Waals surface area contributed by atoms with Crippen LogP contribution in [0.4, 0.5) is 5.69 Å². The van der Waals surface area contributed by atoms with Crippen LogP contribution in [0.1, 0.15) is 30.5 Å². The zero-order valence-corrected chi connectivity index (χ0v) is 14.0. The van der Waals surface area contributed by atoms with E-state index in [2.05, 4.69) is 5.32 Å². The van der Waals surface area contributed by atoms with Gasteiger partial charge in [-0.1, -0.05) is 42.5 Å². The molecule has 0 aliphatic rings. The molecule has 0 saturated heterocycles. The molecule has 1 atom stereocenters. The molecule has 0 heterocycles. The van der Waals surface area contributed by atoms with E-state index in [-0.39, 0.29) is 30.8 Å². The Bertz CT molecular complexity index is 605. The number of amides is 1. The monoisotopic (exact) mass is 334 g/mol. The highest BCUT2D eigenvalue weighted by atomic mass is 35.5. The van der Waals surface area contributed by atoms with Crippen molar-refractivity contribution in [3.63, 3.8) is 0 Å². The lowest BCUT2D eigenvalue weighted by atomic mass is 10.0. The fraction of sp³-hybridized carbons (Fsp3) is 0.278. The second-order valence-corrected chi connectivity index (χ2v) is 5.11. The van der Waals surface area contributed by atoms with Crippen LogP contribution in [0.3, 0.4) is 0 Å². The SMILES string of the molecule is CCOCc1cccc(NC(=O)CC(N)c2ccccc2)c1.Cl. The van der Waals surface area contributed by atoms with Crippen LogP contribution in [-0.4, -0.2) is 12.5 Å². The van der Waals surface area contributed by atoms with E-state index in [0.717, 1.165) is 16.8 Å². The molecule has 0 aliphatic heterocycles. The van der Waals surface area contributed by atoms with Crippen molar-refractivity contribution in [2.75, 3.05) is 11.9 Å². The van der Waals surface area contributed by atoms with Crippen LogP contribution in [0.25, 0.3) is 0 Å². The van der Waals surface area contributed by atoms with Crippen molar-refractivity contribution < 1.29 is 9.53 Å². The molecule has 3 N–H and O–H groups in total. The highest BCUT2D eigenvalue weighted by Crippen LogP contribution is 2.16. The van der Waals surface area contributed by atoms with Crippen molar-refractivity contribution in [3.05, 3.63) is 65.7 Å². The van der Waals surface area contributed by atoms with Crippen LogP contribution in [0.15, 0.2) is 54.6 Å². The normalized spacial score (nSPS) is 11.4. The Hall–Kier alpha value is -1.88. The third-order valence-corrected chi connectivity index (χ3v) is 3.32. The third-order valence-electron chi connectivity index (χ3n) is 3.32. The molecule has 0 bridgehead atoms. The maximum atomic E-state index is 12.1. The molecule has 1 amide bonds. The maximum Gasteiger partial charge on any atom is 0.226 e. The van der Waals surface area contributed by atoms with E-state index < -0.39 is 0 Å². The van der Waals surface area contributed by atoms with Crippen LogP contribution in [-0.2, 0) is 16.1 Å². The third kappa shape index (κ3) is 6.40. The van der Waals surface area contributed by atoms with Gasteiger partial charge in [-0.05, 0) is 30.2 Å². The topological polar surface area (TPSA) is 64.3 Å². The molecule has 124 valence electrons. The van der Waals surface area contributed by atoms with Gasteiger partial charge in [0.15, 0.2) is 0 Å². The van der Waals surface area contributed by atoms with Gasteiger partial charge in [0.05, 0.1) is 6.61 Å². The highest BCUT2D eigenvalue weighted by Gasteiger charge is 2.11. The standard InChI is InChI=1S/C18H22N2O2.ClH/c1-2-22-13-14-7-6-10-16(11-14)20-18(21)12-17(19)15-8-4-3-5-9-15;/h3-11,17H,2,12-13,19H2,1H3,(H,20,21);1H. The van der Waals surface area contributed by atoms with Crippen LogP contribution < -0.4 is 11.1 Å². The minimum absolute atomic E-state index is 0. The molecule has 4 nitrogen and oxygen atoms in total. The number of ether oxygens (including phenoxy) is 1. The molecule has 0 saturated carbocycles. The van der Waals surface area contributed by atoms with Gasteiger partial charge < -0.3 is 15.8 Å². The Morgan fingerprint density at radius 1 is 1.17 bits per heavy atom. The summed E-state index contributed by atoms with van der Waals surface area (Å²) in [6, 6.07) is 17.0. The second-order valence-electron chi connectivity index (χ2n) is 5.11. The summed E-state index contributed by atoms with van der Waals surface area (Å²) in [7, 11) is 0. The molecule has 1 unspecified atom stereocenters. The van der Waals surface area contributed by atoms with Crippen LogP contribution in [0, 0.1) is 0 Å². The first-order valence-corrected chi connectivity index (χ1v) is 7.46. The summed E-state index contributed by atoms with van der Waals surface area (Å²) in [6.45, 7) is 3.17. The quantitative estimate of drug-likeness (QED) is 0.812. The number of halogens is 1. The average molecular weight is 335 g/mol. The van der Waals surface area contributed by atoms with Crippen LogP contribution >= 0.6 is 12.4 Å². The molecule has 23 heavy (non-hydrogen) atoms.